The zero-order valence-corrected chi connectivity index (χ0v) is 15.4. The predicted molar refractivity (Wildman–Crippen MR) is 102 cm³/mol. The van der Waals surface area contributed by atoms with E-state index in [-0.39, 0.29) is 12.2 Å². The largest absolute Gasteiger partial charge is 0.493 e. The van der Waals surface area contributed by atoms with Crippen LogP contribution >= 0.6 is 0 Å². The van der Waals surface area contributed by atoms with Gasteiger partial charge in [0, 0.05) is 24.4 Å². The summed E-state index contributed by atoms with van der Waals surface area (Å²) in [5.41, 5.74) is 3.18. The summed E-state index contributed by atoms with van der Waals surface area (Å²) in [4.78, 5) is 16.6. The number of benzene rings is 1. The molecule has 1 aromatic heterocycles. The molecule has 0 radical (unpaired) electrons. The van der Waals surface area contributed by atoms with Crippen molar-refractivity contribution in [1.82, 2.24) is 9.88 Å². The number of hydrogen-bond donors (Lipinski definition) is 2. The van der Waals surface area contributed by atoms with E-state index in [0.717, 1.165) is 55.8 Å². The van der Waals surface area contributed by atoms with Crippen molar-refractivity contribution in [2.45, 2.75) is 45.3 Å². The molecule has 1 fully saturated rings. The third-order valence-electron chi connectivity index (χ3n) is 5.02. The van der Waals surface area contributed by atoms with E-state index in [9.17, 15) is 9.90 Å². The van der Waals surface area contributed by atoms with Crippen LogP contribution in [0.15, 0.2) is 41.3 Å². The number of aliphatic hydroxyl groups excluding tert-OH is 1. The Bertz CT molecular complexity index is 764. The van der Waals surface area contributed by atoms with Gasteiger partial charge in [-0.15, -0.1) is 0 Å². The number of nitrogens with zero attached hydrogens (tertiary/aromatic N) is 1. The van der Waals surface area contributed by atoms with Gasteiger partial charge in [-0.2, -0.15) is 0 Å². The number of H-pyrrole nitrogens is 1. The van der Waals surface area contributed by atoms with Crippen LogP contribution in [0.3, 0.4) is 0 Å². The smallest absolute Gasteiger partial charge is 0.248 e. The molecular formula is C21H28N2O3. The number of pyridine rings is 1. The fourth-order valence-corrected chi connectivity index (χ4v) is 3.61. The van der Waals surface area contributed by atoms with Crippen LogP contribution in [-0.4, -0.2) is 34.7 Å². The maximum Gasteiger partial charge on any atom is 0.248 e. The van der Waals surface area contributed by atoms with Crippen LogP contribution in [0.1, 0.15) is 48.8 Å². The lowest BCUT2D eigenvalue weighted by molar-refractivity contribution is 0.204. The number of rotatable bonds is 7. The molecule has 1 saturated heterocycles. The van der Waals surface area contributed by atoms with E-state index in [4.69, 9.17) is 4.74 Å². The van der Waals surface area contributed by atoms with Crippen molar-refractivity contribution in [1.29, 1.82) is 0 Å². The lowest BCUT2D eigenvalue weighted by Gasteiger charge is -2.32. The van der Waals surface area contributed by atoms with Crippen molar-refractivity contribution in [3.63, 3.8) is 0 Å². The second-order valence-electron chi connectivity index (χ2n) is 6.99. The van der Waals surface area contributed by atoms with Crippen LogP contribution in [-0.2, 0) is 13.2 Å². The molecule has 2 N–H and O–H groups in total. The van der Waals surface area contributed by atoms with E-state index >= 15 is 0 Å². The van der Waals surface area contributed by atoms with Gasteiger partial charge in [-0.1, -0.05) is 13.0 Å². The first kappa shape index (κ1) is 18.7. The van der Waals surface area contributed by atoms with Crippen LogP contribution in [0.4, 0.5) is 0 Å². The Labute approximate surface area is 154 Å². The number of piperidine rings is 1. The summed E-state index contributed by atoms with van der Waals surface area (Å²) >= 11 is 0. The molecule has 1 aromatic carbocycles. The molecule has 2 aromatic rings. The van der Waals surface area contributed by atoms with Gasteiger partial charge in [-0.3, -0.25) is 9.69 Å². The zero-order chi connectivity index (χ0) is 18.4. The Morgan fingerprint density at radius 1 is 1.23 bits per heavy atom. The number of aromatic nitrogens is 1. The molecule has 0 saturated carbocycles. The Hall–Kier alpha value is -2.11. The SMILES string of the molecule is CCCOc1ccc(CN2CCC(c3cc[nH]c(=O)c3)CC2)cc1CO. The van der Waals surface area contributed by atoms with Gasteiger partial charge < -0.3 is 14.8 Å². The molecule has 0 aliphatic carbocycles. The molecule has 3 rings (SSSR count). The summed E-state index contributed by atoms with van der Waals surface area (Å²) in [6.45, 7) is 5.64. The topological polar surface area (TPSA) is 65.6 Å². The highest BCUT2D eigenvalue weighted by atomic mass is 16.5. The average Bonchev–Trinajstić information content (AvgIpc) is 2.67. The van der Waals surface area contributed by atoms with Gasteiger partial charge in [0.15, 0.2) is 0 Å². The highest BCUT2D eigenvalue weighted by Crippen LogP contribution is 2.28. The van der Waals surface area contributed by atoms with Crippen molar-refractivity contribution in [2.24, 2.45) is 0 Å². The van der Waals surface area contributed by atoms with E-state index in [1.807, 2.05) is 18.2 Å². The Morgan fingerprint density at radius 2 is 2.04 bits per heavy atom. The molecular weight excluding hydrogens is 328 g/mol. The van der Waals surface area contributed by atoms with Crippen LogP contribution in [0, 0.1) is 0 Å². The standard InChI is InChI=1S/C21H28N2O3/c1-2-11-26-20-4-3-16(12-19(20)15-24)14-23-9-6-17(7-10-23)18-5-8-22-21(25)13-18/h3-5,8,12-13,17,24H,2,6-7,9-11,14-15H2,1H3,(H,22,25). The van der Waals surface area contributed by atoms with Crippen LogP contribution in [0.2, 0.25) is 0 Å². The molecule has 0 amide bonds. The fraction of sp³-hybridized carbons (Fsp3) is 0.476. The molecule has 0 spiro atoms. The van der Waals surface area contributed by atoms with Crippen molar-refractivity contribution >= 4 is 0 Å². The van der Waals surface area contributed by atoms with Crippen LogP contribution < -0.4 is 10.3 Å². The van der Waals surface area contributed by atoms with E-state index in [1.165, 1.54) is 5.56 Å². The Kier molecular flexibility index (Phi) is 6.47. The number of likely N-dealkylation sites (tertiary alicyclic amines) is 1. The third kappa shape index (κ3) is 4.74. The molecule has 0 unspecified atom stereocenters. The minimum atomic E-state index is -0.0214. The first-order valence-corrected chi connectivity index (χ1v) is 9.46. The fourth-order valence-electron chi connectivity index (χ4n) is 3.61. The van der Waals surface area contributed by atoms with Gasteiger partial charge in [-0.05, 0) is 67.6 Å². The molecule has 0 atom stereocenters. The van der Waals surface area contributed by atoms with Gasteiger partial charge >= 0.3 is 0 Å². The average molecular weight is 356 g/mol. The summed E-state index contributed by atoms with van der Waals surface area (Å²) in [7, 11) is 0. The Morgan fingerprint density at radius 3 is 2.73 bits per heavy atom. The second-order valence-corrected chi connectivity index (χ2v) is 6.99. The predicted octanol–water partition coefficient (Wildman–Crippen LogP) is 3.04. The minimum absolute atomic E-state index is 0.00247. The first-order chi connectivity index (χ1) is 12.7. The van der Waals surface area contributed by atoms with Gasteiger partial charge in [0.05, 0.1) is 13.2 Å². The summed E-state index contributed by atoms with van der Waals surface area (Å²) in [6.07, 6.45) is 4.82. The van der Waals surface area contributed by atoms with Gasteiger partial charge in [-0.25, -0.2) is 0 Å². The minimum Gasteiger partial charge on any atom is -0.493 e. The lowest BCUT2D eigenvalue weighted by Crippen LogP contribution is -2.32. The molecule has 2 heterocycles. The Balaban J connectivity index is 1.58. The quantitative estimate of drug-likeness (QED) is 0.800. The molecule has 1 aliphatic heterocycles. The normalized spacial score (nSPS) is 15.9. The van der Waals surface area contributed by atoms with Crippen LogP contribution in [0.25, 0.3) is 0 Å². The molecule has 5 nitrogen and oxygen atoms in total. The highest BCUT2D eigenvalue weighted by molar-refractivity contribution is 5.37. The molecule has 0 bridgehead atoms. The van der Waals surface area contributed by atoms with Gasteiger partial charge in [0.1, 0.15) is 5.75 Å². The molecule has 1 aliphatic rings. The summed E-state index contributed by atoms with van der Waals surface area (Å²) in [5.74, 6) is 1.25. The molecule has 26 heavy (non-hydrogen) atoms. The first-order valence-electron chi connectivity index (χ1n) is 9.46. The van der Waals surface area contributed by atoms with Crippen LogP contribution in [0.5, 0.6) is 5.75 Å². The number of ether oxygens (including phenoxy) is 1. The van der Waals surface area contributed by atoms with E-state index in [0.29, 0.717) is 12.5 Å². The maximum absolute atomic E-state index is 11.5. The summed E-state index contributed by atoms with van der Waals surface area (Å²) in [5, 5.41) is 9.61. The van der Waals surface area contributed by atoms with Crippen molar-refractivity contribution in [3.8, 4) is 5.75 Å². The highest BCUT2D eigenvalue weighted by Gasteiger charge is 2.21. The monoisotopic (exact) mass is 356 g/mol. The number of nitrogens with one attached hydrogen (secondary N) is 1. The van der Waals surface area contributed by atoms with Crippen molar-refractivity contribution in [3.05, 3.63) is 63.6 Å². The molecule has 5 heteroatoms. The van der Waals surface area contributed by atoms with E-state index in [1.54, 1.807) is 12.3 Å². The zero-order valence-electron chi connectivity index (χ0n) is 15.4. The van der Waals surface area contributed by atoms with Crippen molar-refractivity contribution < 1.29 is 9.84 Å². The maximum atomic E-state index is 11.5. The molecule has 140 valence electrons. The second kappa shape index (κ2) is 9.01. The summed E-state index contributed by atoms with van der Waals surface area (Å²) < 4.78 is 5.69. The van der Waals surface area contributed by atoms with Crippen molar-refractivity contribution in [2.75, 3.05) is 19.7 Å². The lowest BCUT2D eigenvalue weighted by atomic mass is 9.90. The van der Waals surface area contributed by atoms with Gasteiger partial charge in [0.2, 0.25) is 5.56 Å². The number of aromatic amines is 1. The van der Waals surface area contributed by atoms with Gasteiger partial charge in [0.25, 0.3) is 0 Å². The summed E-state index contributed by atoms with van der Waals surface area (Å²) in [6, 6.07) is 9.85. The number of hydrogen-bond acceptors (Lipinski definition) is 4. The third-order valence-corrected chi connectivity index (χ3v) is 5.02. The van der Waals surface area contributed by atoms with E-state index < -0.39 is 0 Å². The van der Waals surface area contributed by atoms with E-state index in [2.05, 4.69) is 22.9 Å². The number of aliphatic hydroxyl groups is 1.